The van der Waals surface area contributed by atoms with E-state index in [4.69, 9.17) is 25.5 Å². The van der Waals surface area contributed by atoms with Gasteiger partial charge in [0.1, 0.15) is 23.9 Å². The van der Waals surface area contributed by atoms with Crippen molar-refractivity contribution < 1.29 is 18.7 Å². The standard InChI is InChI=1S/C24H21BrClN3O4/c1-2-31-17-7-9-18(10-8-17)32-15-19-11-12-22(33-19)24(30)27-23-20(25)14-29(28-23)13-16-5-3-4-6-21(16)26/h3-12,14H,2,13,15H2,1H3,(H,27,28,30). The molecule has 0 bridgehead atoms. The van der Waals surface area contributed by atoms with Crippen LogP contribution in [0.1, 0.15) is 28.8 Å². The van der Waals surface area contributed by atoms with E-state index in [1.165, 1.54) is 0 Å². The van der Waals surface area contributed by atoms with E-state index in [-0.39, 0.29) is 12.4 Å². The van der Waals surface area contributed by atoms with Crippen LogP contribution in [0.25, 0.3) is 0 Å². The number of benzene rings is 2. The number of rotatable bonds is 9. The highest BCUT2D eigenvalue weighted by molar-refractivity contribution is 9.10. The van der Waals surface area contributed by atoms with E-state index in [2.05, 4.69) is 26.3 Å². The number of ether oxygens (including phenoxy) is 2. The van der Waals surface area contributed by atoms with Crippen LogP contribution >= 0.6 is 27.5 Å². The smallest absolute Gasteiger partial charge is 0.292 e. The Bertz CT molecular complexity index is 1240. The summed E-state index contributed by atoms with van der Waals surface area (Å²) in [7, 11) is 0. The highest BCUT2D eigenvalue weighted by Crippen LogP contribution is 2.24. The highest BCUT2D eigenvalue weighted by Gasteiger charge is 2.16. The van der Waals surface area contributed by atoms with Crippen LogP contribution < -0.4 is 14.8 Å². The summed E-state index contributed by atoms with van der Waals surface area (Å²) in [5.74, 6) is 2.11. The van der Waals surface area contributed by atoms with Crippen LogP contribution in [0.15, 0.2) is 75.8 Å². The summed E-state index contributed by atoms with van der Waals surface area (Å²) in [5.41, 5.74) is 0.926. The Labute approximate surface area is 204 Å². The van der Waals surface area contributed by atoms with Gasteiger partial charge in [-0.05, 0) is 70.9 Å². The molecule has 2 aromatic carbocycles. The van der Waals surface area contributed by atoms with Gasteiger partial charge in [-0.1, -0.05) is 29.8 Å². The number of nitrogens with one attached hydrogen (secondary N) is 1. The third-order valence-corrected chi connectivity index (χ3v) is 5.59. The molecule has 7 nitrogen and oxygen atoms in total. The Balaban J connectivity index is 1.35. The second-order valence-electron chi connectivity index (χ2n) is 7.03. The summed E-state index contributed by atoms with van der Waals surface area (Å²) >= 11 is 9.65. The van der Waals surface area contributed by atoms with Gasteiger partial charge in [-0.2, -0.15) is 5.10 Å². The van der Waals surface area contributed by atoms with Gasteiger partial charge in [-0.3, -0.25) is 9.48 Å². The van der Waals surface area contributed by atoms with Gasteiger partial charge in [-0.25, -0.2) is 0 Å². The SMILES string of the molecule is CCOc1ccc(OCc2ccc(C(=O)Nc3nn(Cc4ccccc4Cl)cc3Br)o2)cc1. The zero-order valence-corrected chi connectivity index (χ0v) is 20.1. The fraction of sp³-hybridized carbons (Fsp3) is 0.167. The van der Waals surface area contributed by atoms with Gasteiger partial charge in [-0.15, -0.1) is 0 Å². The molecule has 0 saturated carbocycles. The number of carbonyl (C=O) groups excluding carboxylic acids is 1. The van der Waals surface area contributed by atoms with Crippen LogP contribution in [0, 0.1) is 0 Å². The zero-order valence-electron chi connectivity index (χ0n) is 17.8. The van der Waals surface area contributed by atoms with Crippen LogP contribution in [-0.4, -0.2) is 22.3 Å². The molecule has 4 rings (SSSR count). The molecule has 0 aliphatic rings. The van der Waals surface area contributed by atoms with Crippen LogP contribution in [-0.2, 0) is 13.2 Å². The molecule has 9 heteroatoms. The maximum Gasteiger partial charge on any atom is 0.292 e. The Morgan fingerprint density at radius 2 is 1.82 bits per heavy atom. The molecule has 0 atom stereocenters. The number of amides is 1. The van der Waals surface area contributed by atoms with E-state index in [9.17, 15) is 4.79 Å². The molecule has 0 aliphatic carbocycles. The lowest BCUT2D eigenvalue weighted by Gasteiger charge is -2.06. The summed E-state index contributed by atoms with van der Waals surface area (Å²) in [5, 5.41) is 7.83. The van der Waals surface area contributed by atoms with Gasteiger partial charge >= 0.3 is 0 Å². The van der Waals surface area contributed by atoms with Gasteiger partial charge in [0.05, 0.1) is 17.6 Å². The lowest BCUT2D eigenvalue weighted by atomic mass is 10.2. The first-order chi connectivity index (χ1) is 16.0. The van der Waals surface area contributed by atoms with Gasteiger partial charge in [0, 0.05) is 11.2 Å². The minimum absolute atomic E-state index is 0.160. The molecule has 1 N–H and O–H groups in total. The highest BCUT2D eigenvalue weighted by atomic mass is 79.9. The fourth-order valence-corrected chi connectivity index (χ4v) is 3.67. The average Bonchev–Trinajstić information content (AvgIpc) is 3.42. The number of anilines is 1. The van der Waals surface area contributed by atoms with Crippen molar-refractivity contribution in [2.24, 2.45) is 0 Å². The number of furan rings is 1. The molecule has 4 aromatic rings. The Hall–Kier alpha value is -3.23. The molecule has 1 amide bonds. The molecule has 0 saturated heterocycles. The third kappa shape index (κ3) is 5.97. The van der Waals surface area contributed by atoms with Gasteiger partial charge < -0.3 is 19.2 Å². The Morgan fingerprint density at radius 1 is 1.09 bits per heavy atom. The number of halogens is 2. The maximum absolute atomic E-state index is 12.6. The molecule has 0 radical (unpaired) electrons. The van der Waals surface area contributed by atoms with Crippen LogP contribution in [0.2, 0.25) is 5.02 Å². The first-order valence-corrected chi connectivity index (χ1v) is 11.4. The predicted molar refractivity (Wildman–Crippen MR) is 129 cm³/mol. The summed E-state index contributed by atoms with van der Waals surface area (Å²) in [4.78, 5) is 12.6. The molecule has 170 valence electrons. The second kappa shape index (κ2) is 10.6. The molecular formula is C24H21BrClN3O4. The van der Waals surface area contributed by atoms with Crippen LogP contribution in [0.4, 0.5) is 5.82 Å². The molecular weight excluding hydrogens is 510 g/mol. The van der Waals surface area contributed by atoms with Crippen molar-refractivity contribution in [3.8, 4) is 11.5 Å². The fourth-order valence-electron chi connectivity index (χ4n) is 3.06. The predicted octanol–water partition coefficient (Wildman–Crippen LogP) is 6.17. The first kappa shape index (κ1) is 22.9. The van der Waals surface area contributed by atoms with Gasteiger partial charge in [0.15, 0.2) is 11.6 Å². The number of hydrogen-bond acceptors (Lipinski definition) is 5. The number of hydrogen-bond donors (Lipinski definition) is 1. The van der Waals surface area contributed by atoms with Crippen molar-refractivity contribution in [2.75, 3.05) is 11.9 Å². The molecule has 0 unspecified atom stereocenters. The van der Waals surface area contributed by atoms with E-state index >= 15 is 0 Å². The van der Waals surface area contributed by atoms with E-state index < -0.39 is 5.91 Å². The van der Waals surface area contributed by atoms with E-state index in [1.54, 1.807) is 23.0 Å². The second-order valence-corrected chi connectivity index (χ2v) is 8.29. The monoisotopic (exact) mass is 529 g/mol. The summed E-state index contributed by atoms with van der Waals surface area (Å²) in [6.07, 6.45) is 1.77. The van der Waals surface area contributed by atoms with E-state index in [0.29, 0.717) is 40.0 Å². The molecule has 0 fully saturated rings. The zero-order chi connectivity index (χ0) is 23.2. The number of nitrogens with zero attached hydrogens (tertiary/aromatic N) is 2. The van der Waals surface area contributed by atoms with E-state index in [0.717, 1.165) is 11.3 Å². The van der Waals surface area contributed by atoms with Crippen molar-refractivity contribution in [1.29, 1.82) is 0 Å². The molecule has 0 aliphatic heterocycles. The van der Waals surface area contributed by atoms with Crippen molar-refractivity contribution in [3.05, 3.63) is 93.4 Å². The van der Waals surface area contributed by atoms with Crippen LogP contribution in [0.3, 0.4) is 0 Å². The first-order valence-electron chi connectivity index (χ1n) is 10.2. The summed E-state index contributed by atoms with van der Waals surface area (Å²) < 4.78 is 19.1. The molecule has 0 spiro atoms. The third-order valence-electron chi connectivity index (χ3n) is 4.64. The topological polar surface area (TPSA) is 78.5 Å². The van der Waals surface area contributed by atoms with Crippen molar-refractivity contribution >= 4 is 39.3 Å². The largest absolute Gasteiger partial charge is 0.494 e. The van der Waals surface area contributed by atoms with Gasteiger partial charge in [0.25, 0.3) is 5.91 Å². The van der Waals surface area contributed by atoms with Crippen molar-refractivity contribution in [2.45, 2.75) is 20.1 Å². The summed E-state index contributed by atoms with van der Waals surface area (Å²) in [6, 6.07) is 18.1. The lowest BCUT2D eigenvalue weighted by Crippen LogP contribution is -2.12. The lowest BCUT2D eigenvalue weighted by molar-refractivity contribution is 0.0992. The van der Waals surface area contributed by atoms with Crippen LogP contribution in [0.5, 0.6) is 11.5 Å². The van der Waals surface area contributed by atoms with Gasteiger partial charge in [0.2, 0.25) is 0 Å². The molecule has 2 aromatic heterocycles. The number of aromatic nitrogens is 2. The van der Waals surface area contributed by atoms with Crippen molar-refractivity contribution in [1.82, 2.24) is 9.78 Å². The van der Waals surface area contributed by atoms with E-state index in [1.807, 2.05) is 55.5 Å². The minimum atomic E-state index is -0.411. The normalized spacial score (nSPS) is 10.8. The Kier molecular flexibility index (Phi) is 7.36. The maximum atomic E-state index is 12.6. The molecule has 2 heterocycles. The quantitative estimate of drug-likeness (QED) is 0.280. The minimum Gasteiger partial charge on any atom is -0.494 e. The van der Waals surface area contributed by atoms with Crippen molar-refractivity contribution in [3.63, 3.8) is 0 Å². The number of carbonyl (C=O) groups is 1. The molecule has 33 heavy (non-hydrogen) atoms. The Morgan fingerprint density at radius 3 is 2.55 bits per heavy atom. The summed E-state index contributed by atoms with van der Waals surface area (Å²) in [6.45, 7) is 3.20. The average molecular weight is 531 g/mol.